The SMILES string of the molecule is Cc1csc(C(C)NCC2C=CC(N)C2)n1. The van der Waals surface area contributed by atoms with Gasteiger partial charge in [-0.3, -0.25) is 0 Å². The molecule has 0 radical (unpaired) electrons. The van der Waals surface area contributed by atoms with Crippen LogP contribution >= 0.6 is 11.3 Å². The van der Waals surface area contributed by atoms with E-state index in [-0.39, 0.29) is 6.04 Å². The zero-order valence-corrected chi connectivity index (χ0v) is 10.6. The van der Waals surface area contributed by atoms with Gasteiger partial charge >= 0.3 is 0 Å². The monoisotopic (exact) mass is 237 g/mol. The van der Waals surface area contributed by atoms with Gasteiger partial charge in [-0.1, -0.05) is 12.2 Å². The van der Waals surface area contributed by atoms with Gasteiger partial charge < -0.3 is 11.1 Å². The molecule has 2 rings (SSSR count). The summed E-state index contributed by atoms with van der Waals surface area (Å²) in [5, 5.41) is 6.78. The van der Waals surface area contributed by atoms with Crippen molar-refractivity contribution in [2.24, 2.45) is 11.7 Å². The van der Waals surface area contributed by atoms with E-state index in [4.69, 9.17) is 5.73 Å². The summed E-state index contributed by atoms with van der Waals surface area (Å²) in [4.78, 5) is 4.48. The quantitative estimate of drug-likeness (QED) is 0.788. The van der Waals surface area contributed by atoms with Crippen molar-refractivity contribution in [3.8, 4) is 0 Å². The highest BCUT2D eigenvalue weighted by Crippen LogP contribution is 2.20. The Morgan fingerprint density at radius 2 is 2.44 bits per heavy atom. The van der Waals surface area contributed by atoms with Crippen LogP contribution in [0.5, 0.6) is 0 Å². The van der Waals surface area contributed by atoms with Gasteiger partial charge in [0.15, 0.2) is 0 Å². The van der Waals surface area contributed by atoms with E-state index in [1.807, 2.05) is 6.92 Å². The van der Waals surface area contributed by atoms with Crippen molar-refractivity contribution >= 4 is 11.3 Å². The maximum atomic E-state index is 5.82. The Bertz CT molecular complexity index is 372. The average Bonchev–Trinajstić information content (AvgIpc) is 2.84. The van der Waals surface area contributed by atoms with Crippen LogP contribution in [0.15, 0.2) is 17.5 Å². The van der Waals surface area contributed by atoms with Crippen molar-refractivity contribution in [2.45, 2.75) is 32.4 Å². The topological polar surface area (TPSA) is 50.9 Å². The fraction of sp³-hybridized carbons (Fsp3) is 0.583. The van der Waals surface area contributed by atoms with E-state index in [2.05, 4.69) is 34.8 Å². The third-order valence-electron chi connectivity index (χ3n) is 2.90. The van der Waals surface area contributed by atoms with Gasteiger partial charge in [0.25, 0.3) is 0 Å². The van der Waals surface area contributed by atoms with Crippen molar-refractivity contribution in [3.63, 3.8) is 0 Å². The zero-order valence-electron chi connectivity index (χ0n) is 9.81. The molecule has 3 N–H and O–H groups in total. The molecule has 88 valence electrons. The molecule has 1 heterocycles. The predicted molar refractivity (Wildman–Crippen MR) is 68.5 cm³/mol. The van der Waals surface area contributed by atoms with Crippen molar-refractivity contribution < 1.29 is 0 Å². The molecule has 0 bridgehead atoms. The van der Waals surface area contributed by atoms with Gasteiger partial charge in [0.1, 0.15) is 5.01 Å². The van der Waals surface area contributed by atoms with Crippen molar-refractivity contribution in [1.82, 2.24) is 10.3 Å². The summed E-state index contributed by atoms with van der Waals surface area (Å²) in [6.07, 6.45) is 5.39. The average molecular weight is 237 g/mol. The van der Waals surface area contributed by atoms with Crippen LogP contribution in [-0.2, 0) is 0 Å². The molecular weight excluding hydrogens is 218 g/mol. The summed E-state index contributed by atoms with van der Waals surface area (Å²) in [7, 11) is 0. The molecule has 0 aliphatic heterocycles. The van der Waals surface area contributed by atoms with E-state index in [1.165, 1.54) is 5.01 Å². The number of aromatic nitrogens is 1. The Labute approximate surface area is 101 Å². The minimum absolute atomic E-state index is 0.254. The molecule has 1 aromatic heterocycles. The van der Waals surface area contributed by atoms with Gasteiger partial charge in [0.05, 0.1) is 6.04 Å². The number of nitrogens with two attached hydrogens (primary N) is 1. The minimum atomic E-state index is 0.254. The molecule has 0 amide bonds. The summed E-state index contributed by atoms with van der Waals surface area (Å²) < 4.78 is 0. The van der Waals surface area contributed by atoms with Crippen LogP contribution in [-0.4, -0.2) is 17.6 Å². The maximum absolute atomic E-state index is 5.82. The Hall–Kier alpha value is -0.710. The third-order valence-corrected chi connectivity index (χ3v) is 4.04. The molecule has 1 aromatic rings. The number of rotatable bonds is 4. The normalized spacial score (nSPS) is 26.2. The van der Waals surface area contributed by atoms with E-state index < -0.39 is 0 Å². The van der Waals surface area contributed by atoms with Gasteiger partial charge in [-0.2, -0.15) is 0 Å². The molecule has 0 spiro atoms. The van der Waals surface area contributed by atoms with Crippen molar-refractivity contribution in [2.75, 3.05) is 6.54 Å². The predicted octanol–water partition coefficient (Wildman–Crippen LogP) is 2.01. The van der Waals surface area contributed by atoms with Crippen LogP contribution in [0.2, 0.25) is 0 Å². The maximum Gasteiger partial charge on any atom is 0.110 e. The van der Waals surface area contributed by atoms with E-state index >= 15 is 0 Å². The van der Waals surface area contributed by atoms with E-state index in [0.717, 1.165) is 18.7 Å². The number of nitrogens with one attached hydrogen (secondary N) is 1. The summed E-state index contributed by atoms with van der Waals surface area (Å²) in [6.45, 7) is 5.19. The lowest BCUT2D eigenvalue weighted by Crippen LogP contribution is -2.26. The Morgan fingerprint density at radius 1 is 1.62 bits per heavy atom. The van der Waals surface area contributed by atoms with Gasteiger partial charge in [-0.05, 0) is 26.2 Å². The second-order valence-corrected chi connectivity index (χ2v) is 5.39. The van der Waals surface area contributed by atoms with Crippen LogP contribution < -0.4 is 11.1 Å². The molecule has 0 fully saturated rings. The second-order valence-electron chi connectivity index (χ2n) is 4.50. The first kappa shape index (κ1) is 11.8. The molecule has 0 aromatic carbocycles. The van der Waals surface area contributed by atoms with Gasteiger partial charge in [0.2, 0.25) is 0 Å². The molecule has 3 unspecified atom stereocenters. The minimum Gasteiger partial charge on any atom is -0.324 e. The molecule has 1 aliphatic rings. The van der Waals surface area contributed by atoms with E-state index in [1.54, 1.807) is 11.3 Å². The first-order chi connectivity index (χ1) is 7.65. The number of nitrogens with zero attached hydrogens (tertiary/aromatic N) is 1. The van der Waals surface area contributed by atoms with Gasteiger partial charge in [0, 0.05) is 23.7 Å². The zero-order chi connectivity index (χ0) is 11.5. The molecule has 0 saturated carbocycles. The number of thiazole rings is 1. The summed E-state index contributed by atoms with van der Waals surface area (Å²) in [5.74, 6) is 0.582. The molecule has 16 heavy (non-hydrogen) atoms. The smallest absolute Gasteiger partial charge is 0.110 e. The largest absolute Gasteiger partial charge is 0.324 e. The van der Waals surface area contributed by atoms with E-state index in [9.17, 15) is 0 Å². The van der Waals surface area contributed by atoms with Crippen molar-refractivity contribution in [3.05, 3.63) is 28.2 Å². The first-order valence-electron chi connectivity index (χ1n) is 5.74. The number of aryl methyl sites for hydroxylation is 1. The summed E-state index contributed by atoms with van der Waals surface area (Å²) in [5.41, 5.74) is 6.93. The molecule has 3 atom stereocenters. The van der Waals surface area contributed by atoms with Crippen LogP contribution in [0.4, 0.5) is 0 Å². The second kappa shape index (κ2) is 5.08. The van der Waals surface area contributed by atoms with E-state index in [0.29, 0.717) is 12.0 Å². The number of hydrogen-bond donors (Lipinski definition) is 2. The molecule has 0 saturated heterocycles. The Balaban J connectivity index is 1.80. The van der Waals surface area contributed by atoms with Crippen LogP contribution in [0.1, 0.15) is 30.1 Å². The fourth-order valence-corrected chi connectivity index (χ4v) is 2.77. The highest BCUT2D eigenvalue weighted by Gasteiger charge is 2.17. The van der Waals surface area contributed by atoms with Gasteiger partial charge in [-0.15, -0.1) is 11.3 Å². The fourth-order valence-electron chi connectivity index (χ4n) is 1.94. The highest BCUT2D eigenvalue weighted by atomic mass is 32.1. The molecular formula is C12H19N3S. The summed E-state index contributed by atoms with van der Waals surface area (Å²) in [6, 6.07) is 0.591. The molecule has 4 heteroatoms. The highest BCUT2D eigenvalue weighted by molar-refractivity contribution is 7.09. The van der Waals surface area contributed by atoms with Crippen LogP contribution in [0, 0.1) is 12.8 Å². The standard InChI is InChI=1S/C12H19N3S/c1-8-7-16-12(15-8)9(2)14-6-10-3-4-11(13)5-10/h3-4,7,9-11,14H,5-6,13H2,1-2H3. The lowest BCUT2D eigenvalue weighted by molar-refractivity contribution is 0.483. The van der Waals surface area contributed by atoms with Gasteiger partial charge in [-0.25, -0.2) is 4.98 Å². The number of hydrogen-bond acceptors (Lipinski definition) is 4. The molecule has 1 aliphatic carbocycles. The Morgan fingerprint density at radius 3 is 3.00 bits per heavy atom. The lowest BCUT2D eigenvalue weighted by atomic mass is 10.1. The van der Waals surface area contributed by atoms with Crippen LogP contribution in [0.3, 0.4) is 0 Å². The van der Waals surface area contributed by atoms with Crippen LogP contribution in [0.25, 0.3) is 0 Å². The molecule has 3 nitrogen and oxygen atoms in total. The first-order valence-corrected chi connectivity index (χ1v) is 6.62. The lowest BCUT2D eigenvalue weighted by Gasteiger charge is -2.14. The Kier molecular flexibility index (Phi) is 3.74. The third kappa shape index (κ3) is 2.90. The summed E-state index contributed by atoms with van der Waals surface area (Å²) >= 11 is 1.72. The van der Waals surface area contributed by atoms with Crippen molar-refractivity contribution in [1.29, 1.82) is 0 Å².